The molecule has 1 amide bonds. The van der Waals surface area contributed by atoms with Gasteiger partial charge >= 0.3 is 0 Å². The minimum absolute atomic E-state index is 0.129. The van der Waals surface area contributed by atoms with Crippen LogP contribution in [0.25, 0.3) is 5.65 Å². The lowest BCUT2D eigenvalue weighted by Crippen LogP contribution is -2.45. The summed E-state index contributed by atoms with van der Waals surface area (Å²) in [5, 5.41) is 6.12. The van der Waals surface area contributed by atoms with Gasteiger partial charge in [0.15, 0.2) is 5.96 Å². The maximum absolute atomic E-state index is 11.5. The highest BCUT2D eigenvalue weighted by Crippen LogP contribution is 2.20. The fraction of sp³-hybridized carbons (Fsp3) is 0.500. The van der Waals surface area contributed by atoms with E-state index in [1.54, 1.807) is 14.1 Å². The average molecular weight is 421 g/mol. The van der Waals surface area contributed by atoms with Crippen LogP contribution in [-0.2, 0) is 11.3 Å². The molecule has 0 radical (unpaired) electrons. The van der Waals surface area contributed by atoms with Crippen molar-refractivity contribution in [2.24, 2.45) is 10.9 Å². The quantitative estimate of drug-likeness (QED) is 0.585. The molecular formula is C18H25BrN6O. The van der Waals surface area contributed by atoms with E-state index in [-0.39, 0.29) is 5.91 Å². The van der Waals surface area contributed by atoms with E-state index >= 15 is 0 Å². The Morgan fingerprint density at radius 1 is 1.35 bits per heavy atom. The van der Waals surface area contributed by atoms with Gasteiger partial charge in [-0.2, -0.15) is 0 Å². The number of aliphatic imine (C=N–C) groups is 1. The minimum atomic E-state index is 0.129. The number of nitrogens with one attached hydrogen (secondary N) is 2. The molecule has 2 aromatic rings. The van der Waals surface area contributed by atoms with Gasteiger partial charge in [0.25, 0.3) is 0 Å². The maximum atomic E-state index is 11.5. The third kappa shape index (κ3) is 4.55. The minimum Gasteiger partial charge on any atom is -0.359 e. The third-order valence-corrected chi connectivity index (χ3v) is 5.24. The normalized spacial score (nSPS) is 16.1. The molecule has 1 saturated heterocycles. The van der Waals surface area contributed by atoms with Gasteiger partial charge in [0.1, 0.15) is 5.65 Å². The Labute approximate surface area is 162 Å². The zero-order chi connectivity index (χ0) is 18.5. The summed E-state index contributed by atoms with van der Waals surface area (Å²) >= 11 is 3.48. The van der Waals surface area contributed by atoms with E-state index < -0.39 is 0 Å². The molecule has 2 N–H and O–H groups in total. The van der Waals surface area contributed by atoms with Gasteiger partial charge in [-0.1, -0.05) is 0 Å². The highest BCUT2D eigenvalue weighted by molar-refractivity contribution is 9.10. The lowest BCUT2D eigenvalue weighted by Gasteiger charge is -2.34. The van der Waals surface area contributed by atoms with Gasteiger partial charge in [-0.15, -0.1) is 0 Å². The molecule has 0 atom stereocenters. The smallest absolute Gasteiger partial charge is 0.220 e. The van der Waals surface area contributed by atoms with Crippen molar-refractivity contribution in [2.75, 3.05) is 27.2 Å². The Hall–Kier alpha value is -2.09. The van der Waals surface area contributed by atoms with E-state index in [1.165, 1.54) is 0 Å². The first-order valence-corrected chi connectivity index (χ1v) is 9.67. The van der Waals surface area contributed by atoms with Gasteiger partial charge in [-0.25, -0.2) is 4.98 Å². The van der Waals surface area contributed by atoms with Crippen molar-refractivity contribution in [1.29, 1.82) is 0 Å². The van der Waals surface area contributed by atoms with E-state index in [2.05, 4.69) is 41.4 Å². The van der Waals surface area contributed by atoms with Gasteiger partial charge in [-0.05, 0) is 46.8 Å². The predicted molar refractivity (Wildman–Crippen MR) is 106 cm³/mol. The van der Waals surface area contributed by atoms with Crippen LogP contribution in [0.15, 0.2) is 34.0 Å². The van der Waals surface area contributed by atoms with Crippen LogP contribution < -0.4 is 10.6 Å². The standard InChI is InChI=1S/C18H25BrN6O/c1-20-17(26)9-13-5-7-24(8-6-13)18(21-2)22-10-15-12-25-11-14(19)3-4-16(25)23-15/h3-4,11-13H,5-10H2,1-2H3,(H,20,26)(H,21,22). The van der Waals surface area contributed by atoms with Crippen molar-refractivity contribution < 1.29 is 4.79 Å². The molecular weight excluding hydrogens is 396 g/mol. The summed E-state index contributed by atoms with van der Waals surface area (Å²) in [7, 11) is 3.50. The second-order valence-corrected chi connectivity index (χ2v) is 7.47. The van der Waals surface area contributed by atoms with Crippen LogP contribution in [0.1, 0.15) is 25.0 Å². The van der Waals surface area contributed by atoms with Crippen LogP contribution in [0.5, 0.6) is 0 Å². The molecule has 2 aromatic heterocycles. The first kappa shape index (κ1) is 18.7. The molecule has 3 rings (SSSR count). The number of amides is 1. The number of halogens is 1. The number of carbonyl (C=O) groups excluding carboxylic acids is 1. The number of guanidine groups is 1. The number of rotatable bonds is 4. The SMILES string of the molecule is CN=C(NCc1cn2cc(Br)ccc2n1)N1CCC(CC(=O)NC)CC1. The molecule has 0 aliphatic carbocycles. The van der Waals surface area contributed by atoms with E-state index in [0.717, 1.165) is 47.7 Å². The number of aromatic nitrogens is 2. The summed E-state index contributed by atoms with van der Waals surface area (Å²) in [6, 6.07) is 3.97. The number of hydrogen-bond donors (Lipinski definition) is 2. The van der Waals surface area contributed by atoms with Gasteiger partial charge in [0, 0.05) is 50.5 Å². The van der Waals surface area contributed by atoms with E-state index in [0.29, 0.717) is 18.9 Å². The Morgan fingerprint density at radius 3 is 2.81 bits per heavy atom. The first-order valence-electron chi connectivity index (χ1n) is 8.88. The summed E-state index contributed by atoms with van der Waals surface area (Å²) in [6.45, 7) is 2.46. The van der Waals surface area contributed by atoms with Gasteiger partial charge in [0.05, 0.1) is 12.2 Å². The molecule has 0 bridgehead atoms. The molecule has 1 aliphatic heterocycles. The number of hydrogen-bond acceptors (Lipinski definition) is 3. The van der Waals surface area contributed by atoms with Crippen molar-refractivity contribution in [2.45, 2.75) is 25.8 Å². The fourth-order valence-electron chi connectivity index (χ4n) is 3.32. The Morgan fingerprint density at radius 2 is 2.12 bits per heavy atom. The molecule has 8 heteroatoms. The average Bonchev–Trinajstić information content (AvgIpc) is 3.05. The van der Waals surface area contributed by atoms with Crippen molar-refractivity contribution >= 4 is 33.4 Å². The Bertz CT molecular complexity index is 794. The zero-order valence-electron chi connectivity index (χ0n) is 15.2. The van der Waals surface area contributed by atoms with Gasteiger partial charge in [-0.3, -0.25) is 9.79 Å². The molecule has 3 heterocycles. The van der Waals surface area contributed by atoms with Crippen molar-refractivity contribution in [1.82, 2.24) is 24.9 Å². The number of imidazole rings is 1. The molecule has 0 unspecified atom stereocenters. The topological polar surface area (TPSA) is 74.0 Å². The molecule has 140 valence electrons. The van der Waals surface area contributed by atoms with Crippen molar-refractivity contribution in [3.63, 3.8) is 0 Å². The summed E-state index contributed by atoms with van der Waals surface area (Å²) in [5.41, 5.74) is 1.90. The van der Waals surface area contributed by atoms with Crippen molar-refractivity contribution in [3.8, 4) is 0 Å². The van der Waals surface area contributed by atoms with Crippen LogP contribution in [0, 0.1) is 5.92 Å². The van der Waals surface area contributed by atoms with Crippen LogP contribution in [0.3, 0.4) is 0 Å². The van der Waals surface area contributed by atoms with E-state index in [9.17, 15) is 4.79 Å². The number of carbonyl (C=O) groups is 1. The molecule has 26 heavy (non-hydrogen) atoms. The largest absolute Gasteiger partial charge is 0.359 e. The van der Waals surface area contributed by atoms with Crippen LogP contribution >= 0.6 is 15.9 Å². The molecule has 0 aromatic carbocycles. The Kier molecular flexibility index (Phi) is 6.13. The maximum Gasteiger partial charge on any atom is 0.220 e. The van der Waals surface area contributed by atoms with Crippen molar-refractivity contribution in [3.05, 3.63) is 34.7 Å². The van der Waals surface area contributed by atoms with Crippen LogP contribution in [0.4, 0.5) is 0 Å². The summed E-state index contributed by atoms with van der Waals surface area (Å²) in [4.78, 5) is 22.8. The molecule has 7 nitrogen and oxygen atoms in total. The second-order valence-electron chi connectivity index (χ2n) is 6.55. The summed E-state index contributed by atoms with van der Waals surface area (Å²) < 4.78 is 3.03. The molecule has 0 spiro atoms. The number of piperidine rings is 1. The Balaban J connectivity index is 1.54. The number of nitrogens with zero attached hydrogens (tertiary/aromatic N) is 4. The third-order valence-electron chi connectivity index (χ3n) is 4.77. The number of likely N-dealkylation sites (tertiary alicyclic amines) is 1. The summed E-state index contributed by atoms with van der Waals surface area (Å²) in [5.74, 6) is 1.48. The van der Waals surface area contributed by atoms with Crippen LogP contribution in [-0.4, -0.2) is 53.3 Å². The fourth-order valence-corrected chi connectivity index (χ4v) is 3.67. The zero-order valence-corrected chi connectivity index (χ0v) is 16.8. The first-order chi connectivity index (χ1) is 12.6. The lowest BCUT2D eigenvalue weighted by atomic mass is 9.93. The number of fused-ring (bicyclic) bond motifs is 1. The van der Waals surface area contributed by atoms with E-state index in [4.69, 9.17) is 0 Å². The van der Waals surface area contributed by atoms with Gasteiger partial charge in [0.2, 0.25) is 5.91 Å². The second kappa shape index (κ2) is 8.53. The highest BCUT2D eigenvalue weighted by Gasteiger charge is 2.23. The van der Waals surface area contributed by atoms with Gasteiger partial charge < -0.3 is 19.9 Å². The highest BCUT2D eigenvalue weighted by atomic mass is 79.9. The summed E-state index contributed by atoms with van der Waals surface area (Å²) in [6.07, 6.45) is 6.66. The molecule has 0 saturated carbocycles. The monoisotopic (exact) mass is 420 g/mol. The van der Waals surface area contributed by atoms with Crippen LogP contribution in [0.2, 0.25) is 0 Å². The van der Waals surface area contributed by atoms with E-state index in [1.807, 2.05) is 28.9 Å². The lowest BCUT2D eigenvalue weighted by molar-refractivity contribution is -0.121. The number of pyridine rings is 1. The molecule has 1 aliphatic rings. The predicted octanol–water partition coefficient (Wildman–Crippen LogP) is 2.02. The molecule has 1 fully saturated rings.